The lowest BCUT2D eigenvalue weighted by Crippen LogP contribution is -2.38. The number of carbonyl (C=O) groups excluding carboxylic acids is 2. The number of halogens is 1. The molecule has 1 unspecified atom stereocenters. The molecule has 1 aromatic carbocycles. The van der Waals surface area contributed by atoms with Crippen molar-refractivity contribution in [1.29, 1.82) is 0 Å². The van der Waals surface area contributed by atoms with Gasteiger partial charge >= 0.3 is 0 Å². The zero-order valence-corrected chi connectivity index (χ0v) is 10.8. The molecule has 0 aromatic heterocycles. The van der Waals surface area contributed by atoms with Gasteiger partial charge in [0.15, 0.2) is 6.61 Å². The molecule has 104 valence electrons. The smallest absolute Gasteiger partial charge is 0.258 e. The number of benzene rings is 1. The fourth-order valence-corrected chi connectivity index (χ4v) is 1.49. The van der Waals surface area contributed by atoms with Crippen LogP contribution in [0.2, 0.25) is 0 Å². The number of rotatable bonds is 7. The topological polar surface area (TPSA) is 64.6 Å². The molecule has 1 aromatic rings. The van der Waals surface area contributed by atoms with E-state index in [0.717, 1.165) is 12.1 Å². The van der Waals surface area contributed by atoms with Crippen molar-refractivity contribution >= 4 is 12.2 Å². The van der Waals surface area contributed by atoms with E-state index in [2.05, 4.69) is 5.32 Å². The second-order valence-corrected chi connectivity index (χ2v) is 4.05. The lowest BCUT2D eigenvalue weighted by atomic mass is 10.2. The molecular weight excluding hydrogens is 253 g/mol. The normalized spacial score (nSPS) is 11.7. The Labute approximate surface area is 110 Å². The van der Waals surface area contributed by atoms with Crippen molar-refractivity contribution in [3.63, 3.8) is 0 Å². The lowest BCUT2D eigenvalue weighted by Gasteiger charge is -2.13. The third kappa shape index (κ3) is 5.48. The summed E-state index contributed by atoms with van der Waals surface area (Å²) in [6, 6.07) is 3.42. The van der Waals surface area contributed by atoms with Gasteiger partial charge < -0.3 is 14.8 Å². The largest absolute Gasteiger partial charge is 0.484 e. The molecule has 0 heterocycles. The van der Waals surface area contributed by atoms with Crippen LogP contribution in [-0.2, 0) is 9.53 Å². The van der Waals surface area contributed by atoms with Crippen molar-refractivity contribution < 1.29 is 23.5 Å². The Morgan fingerprint density at radius 1 is 1.47 bits per heavy atom. The second-order valence-electron chi connectivity index (χ2n) is 4.05. The summed E-state index contributed by atoms with van der Waals surface area (Å²) in [4.78, 5) is 22.0. The van der Waals surface area contributed by atoms with Gasteiger partial charge in [-0.05, 0) is 19.1 Å². The number of aldehydes is 1. The molecule has 0 saturated heterocycles. The van der Waals surface area contributed by atoms with Gasteiger partial charge in [-0.25, -0.2) is 4.39 Å². The molecule has 0 aliphatic heterocycles. The molecule has 0 saturated carbocycles. The minimum atomic E-state index is -0.590. The summed E-state index contributed by atoms with van der Waals surface area (Å²) in [6.07, 6.45) is 0.511. The maximum atomic E-state index is 13.1. The first kappa shape index (κ1) is 15.1. The number of amides is 1. The molecule has 0 aliphatic rings. The summed E-state index contributed by atoms with van der Waals surface area (Å²) in [6.45, 7) is 1.92. The van der Waals surface area contributed by atoms with E-state index in [-0.39, 0.29) is 29.9 Å². The Balaban J connectivity index is 2.50. The maximum absolute atomic E-state index is 13.1. The van der Waals surface area contributed by atoms with Gasteiger partial charge in [0, 0.05) is 24.8 Å². The van der Waals surface area contributed by atoms with Crippen LogP contribution in [0.3, 0.4) is 0 Å². The number of hydrogen-bond acceptors (Lipinski definition) is 4. The highest BCUT2D eigenvalue weighted by molar-refractivity contribution is 5.78. The molecule has 19 heavy (non-hydrogen) atoms. The van der Waals surface area contributed by atoms with Gasteiger partial charge in [0.25, 0.3) is 5.91 Å². The van der Waals surface area contributed by atoms with E-state index in [4.69, 9.17) is 9.47 Å². The molecule has 1 amide bonds. The third-order valence-electron chi connectivity index (χ3n) is 2.22. The van der Waals surface area contributed by atoms with Crippen LogP contribution in [0.4, 0.5) is 4.39 Å². The first-order chi connectivity index (χ1) is 9.05. The van der Waals surface area contributed by atoms with E-state index in [0.29, 0.717) is 12.9 Å². The van der Waals surface area contributed by atoms with Gasteiger partial charge in [-0.2, -0.15) is 0 Å². The van der Waals surface area contributed by atoms with Crippen molar-refractivity contribution in [2.45, 2.75) is 13.0 Å². The molecule has 5 nitrogen and oxygen atoms in total. The van der Waals surface area contributed by atoms with Gasteiger partial charge in [0.1, 0.15) is 17.9 Å². The van der Waals surface area contributed by atoms with Crippen LogP contribution in [0.25, 0.3) is 0 Å². The van der Waals surface area contributed by atoms with Gasteiger partial charge in [0.05, 0.1) is 6.61 Å². The minimum Gasteiger partial charge on any atom is -0.484 e. The Morgan fingerprint density at radius 2 is 2.21 bits per heavy atom. The Morgan fingerprint density at radius 3 is 2.84 bits per heavy atom. The zero-order chi connectivity index (χ0) is 14.3. The number of methoxy groups -OCH3 is 1. The van der Waals surface area contributed by atoms with Gasteiger partial charge in [-0.3, -0.25) is 9.59 Å². The van der Waals surface area contributed by atoms with Crippen molar-refractivity contribution in [2.24, 2.45) is 0 Å². The van der Waals surface area contributed by atoms with Crippen molar-refractivity contribution in [2.75, 3.05) is 20.3 Å². The molecule has 0 radical (unpaired) electrons. The Bertz CT molecular complexity index is 450. The first-order valence-corrected chi connectivity index (χ1v) is 5.72. The summed E-state index contributed by atoms with van der Waals surface area (Å²) in [5, 5.41) is 2.64. The van der Waals surface area contributed by atoms with Crippen LogP contribution in [0.5, 0.6) is 5.75 Å². The van der Waals surface area contributed by atoms with E-state index < -0.39 is 5.82 Å². The fraction of sp³-hybridized carbons (Fsp3) is 0.385. The highest BCUT2D eigenvalue weighted by Crippen LogP contribution is 2.15. The summed E-state index contributed by atoms with van der Waals surface area (Å²) in [7, 11) is 1.53. The Kier molecular flexibility index (Phi) is 5.95. The molecule has 0 bridgehead atoms. The average Bonchev–Trinajstić information content (AvgIpc) is 2.36. The van der Waals surface area contributed by atoms with Crippen molar-refractivity contribution in [3.05, 3.63) is 29.6 Å². The van der Waals surface area contributed by atoms with Gasteiger partial charge in [-0.15, -0.1) is 0 Å². The van der Waals surface area contributed by atoms with Crippen LogP contribution in [0.15, 0.2) is 18.2 Å². The minimum absolute atomic E-state index is 0.136. The van der Waals surface area contributed by atoms with Crippen molar-refractivity contribution in [1.82, 2.24) is 5.32 Å². The summed E-state index contributed by atoms with van der Waals surface area (Å²) in [5.41, 5.74) is 0.156. The quantitative estimate of drug-likeness (QED) is 0.755. The van der Waals surface area contributed by atoms with E-state index in [1.807, 2.05) is 0 Å². The van der Waals surface area contributed by atoms with Crippen LogP contribution in [-0.4, -0.2) is 38.6 Å². The molecule has 1 N–H and O–H groups in total. The van der Waals surface area contributed by atoms with Gasteiger partial charge in [-0.1, -0.05) is 0 Å². The Hall–Kier alpha value is -1.95. The number of carbonyl (C=O) groups is 2. The average molecular weight is 269 g/mol. The molecule has 0 aliphatic carbocycles. The number of ether oxygens (including phenoxy) is 2. The first-order valence-electron chi connectivity index (χ1n) is 5.72. The van der Waals surface area contributed by atoms with Crippen LogP contribution < -0.4 is 10.1 Å². The molecule has 0 spiro atoms. The second kappa shape index (κ2) is 7.48. The highest BCUT2D eigenvalue weighted by atomic mass is 19.1. The third-order valence-corrected chi connectivity index (χ3v) is 2.22. The van der Waals surface area contributed by atoms with E-state index >= 15 is 0 Å². The van der Waals surface area contributed by atoms with Gasteiger partial charge in [0.2, 0.25) is 0 Å². The van der Waals surface area contributed by atoms with Crippen LogP contribution in [0, 0.1) is 5.82 Å². The fourth-order valence-electron chi connectivity index (χ4n) is 1.49. The SMILES string of the molecule is COCC(C)NC(=O)COc1cc(F)cc(C=O)c1. The molecule has 0 fully saturated rings. The van der Waals surface area contributed by atoms with E-state index in [9.17, 15) is 14.0 Å². The predicted molar refractivity (Wildman–Crippen MR) is 66.8 cm³/mol. The molecular formula is C13H16FNO4. The molecule has 1 rings (SSSR count). The molecule has 1 atom stereocenters. The predicted octanol–water partition coefficient (Wildman–Crippen LogP) is 1.17. The van der Waals surface area contributed by atoms with Crippen LogP contribution >= 0.6 is 0 Å². The standard InChI is InChI=1S/C13H16FNO4/c1-9(7-18-2)15-13(17)8-19-12-4-10(6-16)3-11(14)5-12/h3-6,9H,7-8H2,1-2H3,(H,15,17). The maximum Gasteiger partial charge on any atom is 0.258 e. The van der Waals surface area contributed by atoms with Crippen molar-refractivity contribution in [3.8, 4) is 5.75 Å². The summed E-state index contributed by atoms with van der Waals surface area (Å²) in [5.74, 6) is -0.800. The zero-order valence-electron chi connectivity index (χ0n) is 10.8. The summed E-state index contributed by atoms with van der Waals surface area (Å²) < 4.78 is 23.1. The monoisotopic (exact) mass is 269 g/mol. The summed E-state index contributed by atoms with van der Waals surface area (Å²) >= 11 is 0. The lowest BCUT2D eigenvalue weighted by molar-refractivity contribution is -0.124. The van der Waals surface area contributed by atoms with E-state index in [1.165, 1.54) is 13.2 Å². The molecule has 6 heteroatoms. The highest BCUT2D eigenvalue weighted by Gasteiger charge is 2.08. The van der Waals surface area contributed by atoms with E-state index in [1.54, 1.807) is 6.92 Å². The number of hydrogen-bond donors (Lipinski definition) is 1. The van der Waals surface area contributed by atoms with Crippen LogP contribution in [0.1, 0.15) is 17.3 Å². The number of nitrogens with one attached hydrogen (secondary N) is 1.